The molecule has 5 heteroatoms. The number of aromatic amines is 1. The summed E-state index contributed by atoms with van der Waals surface area (Å²) >= 11 is 0. The minimum absolute atomic E-state index is 0.922. The molecule has 0 fully saturated rings. The number of hydrogen-bond acceptors (Lipinski definition) is 2. The van der Waals surface area contributed by atoms with Crippen LogP contribution in [0.4, 0.5) is 0 Å². The van der Waals surface area contributed by atoms with Crippen molar-refractivity contribution in [2.75, 3.05) is 0 Å². The summed E-state index contributed by atoms with van der Waals surface area (Å²) in [5, 5.41) is 0. The van der Waals surface area contributed by atoms with Gasteiger partial charge in [-0.3, -0.25) is 0 Å². The van der Waals surface area contributed by atoms with Crippen molar-refractivity contribution in [3.8, 4) is 11.4 Å². The molecular weight excluding hydrogens is 264 g/mol. The van der Waals surface area contributed by atoms with Gasteiger partial charge in [0.05, 0.1) is 6.33 Å². The molecule has 0 aliphatic carbocycles. The van der Waals surface area contributed by atoms with Gasteiger partial charge >= 0.3 is 0 Å². The van der Waals surface area contributed by atoms with Gasteiger partial charge in [-0.05, 0) is 0 Å². The Morgan fingerprint density at radius 3 is 2.25 bits per heavy atom. The van der Waals surface area contributed by atoms with Gasteiger partial charge in [-0.2, -0.15) is 0 Å². The van der Waals surface area contributed by atoms with Crippen molar-refractivity contribution in [3.05, 3.63) is 61.4 Å². The molecule has 1 aromatic carbocycles. The van der Waals surface area contributed by atoms with Crippen LogP contribution in [0.15, 0.2) is 61.4 Å². The van der Waals surface area contributed by atoms with E-state index in [9.17, 15) is 0 Å². The highest BCUT2D eigenvalue weighted by molar-refractivity contribution is 6.74. The van der Waals surface area contributed by atoms with Crippen LogP contribution in [0.2, 0.25) is 19.6 Å². The first-order valence-corrected chi connectivity index (χ1v) is 10.1. The Kier molecular flexibility index (Phi) is 4.52. The fraction of sp³-hybridized carbons (Fsp3) is 0.200. The number of rotatable bonds is 2. The Labute approximate surface area is 120 Å². The lowest BCUT2D eigenvalue weighted by atomic mass is 10.2. The van der Waals surface area contributed by atoms with Crippen molar-refractivity contribution in [2.24, 2.45) is 0 Å². The summed E-state index contributed by atoms with van der Waals surface area (Å²) in [7, 11) is -1.13. The van der Waals surface area contributed by atoms with E-state index >= 15 is 0 Å². The quantitative estimate of drug-likeness (QED) is 0.730. The number of benzene rings is 1. The third-order valence-corrected chi connectivity index (χ3v) is 4.64. The second-order valence-electron chi connectivity index (χ2n) is 5.44. The first kappa shape index (κ1) is 14.3. The minimum Gasteiger partial charge on any atom is -0.365 e. The second-order valence-corrected chi connectivity index (χ2v) is 10.3. The van der Waals surface area contributed by atoms with Gasteiger partial charge in [-0.1, -0.05) is 50.0 Å². The van der Waals surface area contributed by atoms with Gasteiger partial charge < -0.3 is 9.22 Å². The van der Waals surface area contributed by atoms with E-state index in [-0.39, 0.29) is 0 Å². The van der Waals surface area contributed by atoms with E-state index in [4.69, 9.17) is 0 Å². The average molecular weight is 284 g/mol. The molecule has 0 aliphatic rings. The van der Waals surface area contributed by atoms with Gasteiger partial charge in [0, 0.05) is 30.4 Å². The van der Waals surface area contributed by atoms with E-state index in [0.29, 0.717) is 0 Å². The SMILES string of the molecule is C[Si](C)(C)n1ccnc1.c1ccc(-c2ncc[nH]2)cc1. The van der Waals surface area contributed by atoms with E-state index in [1.54, 1.807) is 6.20 Å². The van der Waals surface area contributed by atoms with Crippen LogP contribution < -0.4 is 0 Å². The maximum absolute atomic E-state index is 4.13. The summed E-state index contributed by atoms with van der Waals surface area (Å²) in [6, 6.07) is 10.0. The normalized spacial score (nSPS) is 10.8. The number of nitrogens with zero attached hydrogens (tertiary/aromatic N) is 3. The largest absolute Gasteiger partial charge is 0.365 e. The van der Waals surface area contributed by atoms with Crippen LogP contribution >= 0.6 is 0 Å². The molecule has 3 rings (SSSR count). The van der Waals surface area contributed by atoms with Crippen molar-refractivity contribution in [1.82, 2.24) is 19.2 Å². The molecule has 0 spiro atoms. The van der Waals surface area contributed by atoms with Crippen LogP contribution in [0.1, 0.15) is 0 Å². The van der Waals surface area contributed by atoms with Gasteiger partial charge in [0.15, 0.2) is 8.24 Å². The van der Waals surface area contributed by atoms with Gasteiger partial charge in [0.2, 0.25) is 0 Å². The summed E-state index contributed by atoms with van der Waals surface area (Å²) < 4.78 is 2.22. The summed E-state index contributed by atoms with van der Waals surface area (Å²) in [4.78, 5) is 11.2. The molecule has 4 nitrogen and oxygen atoms in total. The van der Waals surface area contributed by atoms with Crippen molar-refractivity contribution in [1.29, 1.82) is 0 Å². The Bertz CT molecular complexity index is 595. The van der Waals surface area contributed by atoms with Gasteiger partial charge in [-0.15, -0.1) is 0 Å². The predicted molar refractivity (Wildman–Crippen MR) is 85.0 cm³/mol. The molecule has 0 bridgehead atoms. The van der Waals surface area contributed by atoms with Crippen LogP contribution in [-0.4, -0.2) is 27.4 Å². The monoisotopic (exact) mass is 284 g/mol. The summed E-state index contributed by atoms with van der Waals surface area (Å²) in [6.45, 7) is 6.86. The van der Waals surface area contributed by atoms with Gasteiger partial charge in [-0.25, -0.2) is 9.97 Å². The van der Waals surface area contributed by atoms with Gasteiger partial charge in [0.1, 0.15) is 5.82 Å². The lowest BCUT2D eigenvalue weighted by molar-refractivity contribution is 1.12. The molecule has 0 atom stereocenters. The molecule has 1 N–H and O–H groups in total. The maximum Gasteiger partial charge on any atom is 0.154 e. The molecule has 2 aromatic heterocycles. The van der Waals surface area contributed by atoms with Crippen LogP contribution in [0, 0.1) is 0 Å². The summed E-state index contributed by atoms with van der Waals surface area (Å²) in [5.41, 5.74) is 1.12. The standard InChI is InChI=1S/C9H8N2.C6H12N2Si/c1-2-4-8(5-3-1)9-10-6-7-11-9;1-9(2,3)8-5-4-7-6-8/h1-7H,(H,10,11);4-6H,1-3H3. The van der Waals surface area contributed by atoms with E-state index in [1.165, 1.54) is 0 Å². The molecule has 0 saturated heterocycles. The highest BCUT2D eigenvalue weighted by Crippen LogP contribution is 2.11. The molecule has 0 saturated carbocycles. The Hall–Kier alpha value is -2.14. The van der Waals surface area contributed by atoms with E-state index < -0.39 is 8.24 Å². The van der Waals surface area contributed by atoms with E-state index in [2.05, 4.69) is 38.8 Å². The predicted octanol–water partition coefficient (Wildman–Crippen LogP) is 3.64. The molecule has 104 valence electrons. The Morgan fingerprint density at radius 1 is 1.05 bits per heavy atom. The molecule has 20 heavy (non-hydrogen) atoms. The lowest BCUT2D eigenvalue weighted by Crippen LogP contribution is -2.30. The van der Waals surface area contributed by atoms with E-state index in [0.717, 1.165) is 11.4 Å². The zero-order valence-corrected chi connectivity index (χ0v) is 13.1. The number of hydrogen-bond donors (Lipinski definition) is 1. The molecule has 0 amide bonds. The summed E-state index contributed by atoms with van der Waals surface area (Å²) in [5.74, 6) is 0.922. The molecule has 2 heterocycles. The smallest absolute Gasteiger partial charge is 0.154 e. The second kappa shape index (κ2) is 6.34. The third kappa shape index (κ3) is 3.93. The molecule has 3 aromatic rings. The van der Waals surface area contributed by atoms with Crippen molar-refractivity contribution >= 4 is 8.24 Å². The number of nitrogens with one attached hydrogen (secondary N) is 1. The molecule has 0 radical (unpaired) electrons. The number of H-pyrrole nitrogens is 1. The Balaban J connectivity index is 0.000000151. The van der Waals surface area contributed by atoms with Crippen molar-refractivity contribution in [2.45, 2.75) is 19.6 Å². The van der Waals surface area contributed by atoms with Crippen LogP contribution in [-0.2, 0) is 0 Å². The average Bonchev–Trinajstić information content (AvgIpc) is 3.13. The fourth-order valence-corrected chi connectivity index (χ4v) is 2.60. The Morgan fingerprint density at radius 2 is 1.80 bits per heavy atom. The molecule has 0 unspecified atom stereocenters. The zero-order valence-electron chi connectivity index (χ0n) is 12.1. The van der Waals surface area contributed by atoms with Crippen LogP contribution in [0.3, 0.4) is 0 Å². The zero-order chi connectivity index (χ0) is 14.4. The van der Waals surface area contributed by atoms with E-state index in [1.807, 2.05) is 55.2 Å². The number of aromatic nitrogens is 4. The van der Waals surface area contributed by atoms with Crippen molar-refractivity contribution in [3.63, 3.8) is 0 Å². The van der Waals surface area contributed by atoms with Crippen LogP contribution in [0.5, 0.6) is 0 Å². The topological polar surface area (TPSA) is 46.5 Å². The fourth-order valence-electron chi connectivity index (χ4n) is 1.68. The maximum atomic E-state index is 4.13. The highest BCUT2D eigenvalue weighted by Gasteiger charge is 2.13. The first-order valence-electron chi connectivity index (χ1n) is 6.60. The minimum atomic E-state index is -1.13. The number of imidazole rings is 2. The summed E-state index contributed by atoms with van der Waals surface area (Å²) in [6.07, 6.45) is 9.33. The first-order chi connectivity index (χ1) is 9.57. The van der Waals surface area contributed by atoms with Crippen LogP contribution in [0.25, 0.3) is 11.4 Å². The lowest BCUT2D eigenvalue weighted by Gasteiger charge is -2.16. The highest BCUT2D eigenvalue weighted by atomic mass is 28.3. The molecule has 0 aliphatic heterocycles. The molecular formula is C15H20N4Si. The van der Waals surface area contributed by atoms with Gasteiger partial charge in [0.25, 0.3) is 0 Å². The third-order valence-electron chi connectivity index (χ3n) is 2.82. The van der Waals surface area contributed by atoms with Crippen molar-refractivity contribution < 1.29 is 0 Å².